The molecule has 27 heavy (non-hydrogen) atoms. The Morgan fingerprint density at radius 1 is 1.30 bits per heavy atom. The molecule has 0 N–H and O–H groups in total. The highest BCUT2D eigenvalue weighted by Crippen LogP contribution is 2.40. The van der Waals surface area contributed by atoms with Crippen LogP contribution < -0.4 is 0 Å². The SMILES string of the molecule is CCOC(=O)CN1C(=O)[C@@H]2CC#C/C=C\C#C[C@@H](O[Si](C)(C)C(C)(C)C)[C@H]21. The second-order valence-electron chi connectivity index (χ2n) is 8.31. The fourth-order valence-corrected chi connectivity index (χ4v) is 4.06. The van der Waals surface area contributed by atoms with Gasteiger partial charge in [-0.2, -0.15) is 0 Å². The number of hydrogen-bond donors (Lipinski definition) is 0. The molecule has 146 valence electrons. The van der Waals surface area contributed by atoms with Crippen molar-refractivity contribution in [3.05, 3.63) is 12.2 Å². The summed E-state index contributed by atoms with van der Waals surface area (Å²) in [6.07, 6.45) is 3.38. The van der Waals surface area contributed by atoms with E-state index in [0.29, 0.717) is 6.42 Å². The zero-order valence-electron chi connectivity index (χ0n) is 17.1. The molecule has 1 heterocycles. The second kappa shape index (κ2) is 8.33. The first kappa shape index (κ1) is 21.3. The lowest BCUT2D eigenvalue weighted by Crippen LogP contribution is -2.68. The van der Waals surface area contributed by atoms with Crippen molar-refractivity contribution in [3.8, 4) is 23.7 Å². The fourth-order valence-electron chi connectivity index (χ4n) is 2.87. The van der Waals surface area contributed by atoms with Gasteiger partial charge in [0.25, 0.3) is 0 Å². The number of hydrogen-bond acceptors (Lipinski definition) is 4. The van der Waals surface area contributed by atoms with Gasteiger partial charge in [-0.25, -0.2) is 0 Å². The molecule has 2 rings (SSSR count). The van der Waals surface area contributed by atoms with Crippen LogP contribution in [0.2, 0.25) is 18.1 Å². The summed E-state index contributed by atoms with van der Waals surface area (Å²) < 4.78 is 11.6. The van der Waals surface area contributed by atoms with Gasteiger partial charge in [0.1, 0.15) is 12.6 Å². The maximum atomic E-state index is 12.6. The van der Waals surface area contributed by atoms with E-state index in [1.807, 2.05) is 0 Å². The molecule has 3 atom stereocenters. The van der Waals surface area contributed by atoms with Crippen molar-refractivity contribution >= 4 is 20.2 Å². The lowest BCUT2D eigenvalue weighted by molar-refractivity contribution is -0.168. The van der Waals surface area contributed by atoms with Gasteiger partial charge in [-0.3, -0.25) is 9.59 Å². The molecule has 0 saturated carbocycles. The molecule has 1 fully saturated rings. The molecule has 1 saturated heterocycles. The maximum Gasteiger partial charge on any atom is 0.325 e. The van der Waals surface area contributed by atoms with Crippen molar-refractivity contribution in [3.63, 3.8) is 0 Å². The molecule has 0 bridgehead atoms. The summed E-state index contributed by atoms with van der Waals surface area (Å²) in [5.74, 6) is 11.3. The van der Waals surface area contributed by atoms with Crippen molar-refractivity contribution < 1.29 is 18.8 Å². The fraction of sp³-hybridized carbons (Fsp3) is 0.619. The Morgan fingerprint density at radius 3 is 2.59 bits per heavy atom. The second-order valence-corrected chi connectivity index (χ2v) is 13.1. The van der Waals surface area contributed by atoms with Crippen molar-refractivity contribution in [2.75, 3.05) is 13.2 Å². The number of likely N-dealkylation sites (tertiary alicyclic amines) is 1. The highest BCUT2D eigenvalue weighted by Gasteiger charge is 2.53. The number of carbonyl (C=O) groups excluding carboxylic acids is 2. The van der Waals surface area contributed by atoms with E-state index in [9.17, 15) is 9.59 Å². The predicted molar refractivity (Wildman–Crippen MR) is 107 cm³/mol. The highest BCUT2D eigenvalue weighted by molar-refractivity contribution is 6.74. The topological polar surface area (TPSA) is 55.8 Å². The van der Waals surface area contributed by atoms with Crippen molar-refractivity contribution in [2.45, 2.75) is 64.4 Å². The Labute approximate surface area is 163 Å². The normalized spacial score (nSPS) is 25.8. The summed E-state index contributed by atoms with van der Waals surface area (Å²) >= 11 is 0. The average Bonchev–Trinajstić information content (AvgIpc) is 2.56. The predicted octanol–water partition coefficient (Wildman–Crippen LogP) is 2.73. The molecule has 0 aromatic carbocycles. The van der Waals surface area contributed by atoms with Crippen LogP contribution in [0.4, 0.5) is 0 Å². The third-order valence-electron chi connectivity index (χ3n) is 5.41. The number of nitrogens with zero attached hydrogens (tertiary/aromatic N) is 1. The molecule has 1 aliphatic heterocycles. The van der Waals surface area contributed by atoms with Crippen LogP contribution in [0.1, 0.15) is 34.1 Å². The minimum Gasteiger partial charge on any atom is -0.465 e. The van der Waals surface area contributed by atoms with E-state index >= 15 is 0 Å². The summed E-state index contributed by atoms with van der Waals surface area (Å²) in [6.45, 7) is 12.8. The van der Waals surface area contributed by atoms with E-state index in [4.69, 9.17) is 9.16 Å². The Kier molecular flexibility index (Phi) is 6.57. The van der Waals surface area contributed by atoms with Crippen LogP contribution in [0.5, 0.6) is 0 Å². The van der Waals surface area contributed by atoms with Gasteiger partial charge < -0.3 is 14.1 Å². The Hall–Kier alpha value is -2.02. The quantitative estimate of drug-likeness (QED) is 0.315. The lowest BCUT2D eigenvalue weighted by Gasteiger charge is -2.50. The van der Waals surface area contributed by atoms with Crippen LogP contribution in [0.3, 0.4) is 0 Å². The zero-order valence-corrected chi connectivity index (χ0v) is 18.1. The van der Waals surface area contributed by atoms with E-state index in [0.717, 1.165) is 0 Å². The first-order valence-corrected chi connectivity index (χ1v) is 12.3. The summed E-state index contributed by atoms with van der Waals surface area (Å²) in [7, 11) is -2.12. The van der Waals surface area contributed by atoms with Crippen LogP contribution in [0, 0.1) is 29.6 Å². The van der Waals surface area contributed by atoms with E-state index in [2.05, 4.69) is 57.5 Å². The first-order valence-electron chi connectivity index (χ1n) is 9.37. The molecule has 1 aliphatic carbocycles. The summed E-state index contributed by atoms with van der Waals surface area (Å²) in [6, 6.07) is -0.288. The Bertz CT molecular complexity index is 742. The van der Waals surface area contributed by atoms with Gasteiger partial charge in [-0.15, -0.1) is 0 Å². The van der Waals surface area contributed by atoms with Crippen LogP contribution in [0.15, 0.2) is 12.2 Å². The zero-order chi connectivity index (χ0) is 20.2. The summed E-state index contributed by atoms with van der Waals surface area (Å²) in [5, 5.41) is 0.00880. The van der Waals surface area contributed by atoms with Crippen LogP contribution in [0.25, 0.3) is 0 Å². The molecule has 6 heteroatoms. The third-order valence-corrected chi connectivity index (χ3v) is 9.87. The van der Waals surface area contributed by atoms with E-state index in [-0.39, 0.29) is 36.1 Å². The van der Waals surface area contributed by atoms with Gasteiger partial charge in [-0.1, -0.05) is 44.5 Å². The van der Waals surface area contributed by atoms with Gasteiger partial charge in [-0.05, 0) is 37.2 Å². The summed E-state index contributed by atoms with van der Waals surface area (Å²) in [5.41, 5.74) is 0. The number of esters is 1. The number of ether oxygens (including phenoxy) is 1. The molecule has 0 aromatic rings. The molecule has 1 amide bonds. The third kappa shape index (κ3) is 4.83. The van der Waals surface area contributed by atoms with E-state index in [1.54, 1.807) is 24.0 Å². The molecule has 0 radical (unpaired) electrons. The van der Waals surface area contributed by atoms with Crippen molar-refractivity contribution in [2.24, 2.45) is 5.92 Å². The van der Waals surface area contributed by atoms with Gasteiger partial charge in [0.2, 0.25) is 5.91 Å². The number of carbonyl (C=O) groups is 2. The number of rotatable bonds is 5. The molecule has 0 aromatic heterocycles. The van der Waals surface area contributed by atoms with Gasteiger partial charge >= 0.3 is 5.97 Å². The smallest absolute Gasteiger partial charge is 0.325 e. The number of allylic oxidation sites excluding steroid dienone is 2. The summed E-state index contributed by atoms with van der Waals surface area (Å²) in [4.78, 5) is 26.2. The number of fused-ring (bicyclic) bond motifs is 1. The molecule has 2 aliphatic rings. The molecule has 0 unspecified atom stereocenters. The Morgan fingerprint density at radius 2 is 1.96 bits per heavy atom. The van der Waals surface area contributed by atoms with Gasteiger partial charge in [0.05, 0.1) is 18.6 Å². The largest absolute Gasteiger partial charge is 0.465 e. The average molecular weight is 388 g/mol. The molecule has 0 spiro atoms. The number of amides is 1. The Balaban J connectivity index is 2.33. The highest BCUT2D eigenvalue weighted by atomic mass is 28.4. The minimum absolute atomic E-state index is 0.00880. The first-order chi connectivity index (χ1) is 12.6. The molecule has 5 nitrogen and oxygen atoms in total. The molecular weight excluding hydrogens is 358 g/mol. The number of β-lactam (4-membered cyclic amide) rings is 1. The van der Waals surface area contributed by atoms with Crippen LogP contribution >= 0.6 is 0 Å². The minimum atomic E-state index is -2.12. The van der Waals surface area contributed by atoms with Gasteiger partial charge in [0.15, 0.2) is 8.32 Å². The molecular formula is C21H29NO4Si. The maximum absolute atomic E-state index is 12.6. The van der Waals surface area contributed by atoms with Crippen LogP contribution in [-0.2, 0) is 18.8 Å². The van der Waals surface area contributed by atoms with Crippen LogP contribution in [-0.4, -0.2) is 50.4 Å². The standard InChI is InChI=1S/C21H29NO4Si/c1-7-25-18(23)15-22-19-16(20(22)24)13-11-9-8-10-12-14-17(19)26-27(5,6)21(2,3)4/h8,10,16-17,19H,7,13,15H2,1-6H3/b10-8-/t16-,17-,19+/m1/s1. The van der Waals surface area contributed by atoms with Crippen molar-refractivity contribution in [1.82, 2.24) is 4.90 Å². The van der Waals surface area contributed by atoms with Crippen molar-refractivity contribution in [1.29, 1.82) is 0 Å². The van der Waals surface area contributed by atoms with Gasteiger partial charge in [0, 0.05) is 6.42 Å². The lowest BCUT2D eigenvalue weighted by atomic mass is 9.81. The van der Waals surface area contributed by atoms with E-state index < -0.39 is 20.4 Å². The monoisotopic (exact) mass is 387 g/mol. The van der Waals surface area contributed by atoms with E-state index in [1.165, 1.54) is 0 Å².